The summed E-state index contributed by atoms with van der Waals surface area (Å²) in [6.07, 6.45) is 5.22. The lowest BCUT2D eigenvalue weighted by atomic mass is 10.1. The van der Waals surface area contributed by atoms with E-state index in [-0.39, 0.29) is 5.91 Å². The molecule has 2 heterocycles. The highest BCUT2D eigenvalue weighted by Crippen LogP contribution is 2.22. The first-order valence-electron chi connectivity index (χ1n) is 7.20. The lowest BCUT2D eigenvalue weighted by molar-refractivity contribution is -0.116. The van der Waals surface area contributed by atoms with Crippen LogP contribution >= 0.6 is 27.3 Å². The second-order valence-electron chi connectivity index (χ2n) is 5.06. The van der Waals surface area contributed by atoms with Gasteiger partial charge in [-0.15, -0.1) is 11.3 Å². The Hall–Kier alpha value is -1.92. The SMILES string of the molecule is O=C(CCc1ccco1)Nc1ncc(Cc2ccc(Br)cc2)s1. The normalized spacial score (nSPS) is 10.7. The molecule has 0 unspecified atom stereocenters. The first kappa shape index (κ1) is 16.0. The van der Waals surface area contributed by atoms with Gasteiger partial charge in [0.15, 0.2) is 5.13 Å². The van der Waals surface area contributed by atoms with Crippen LogP contribution in [0.3, 0.4) is 0 Å². The molecule has 0 aliphatic rings. The zero-order chi connectivity index (χ0) is 16.1. The molecule has 0 fully saturated rings. The fourth-order valence-corrected chi connectivity index (χ4v) is 3.25. The zero-order valence-corrected chi connectivity index (χ0v) is 14.7. The average Bonchev–Trinajstić information content (AvgIpc) is 3.20. The van der Waals surface area contributed by atoms with E-state index in [0.29, 0.717) is 18.0 Å². The van der Waals surface area contributed by atoms with Crippen LogP contribution in [0.2, 0.25) is 0 Å². The summed E-state index contributed by atoms with van der Waals surface area (Å²) >= 11 is 4.93. The maximum absolute atomic E-state index is 11.9. The summed E-state index contributed by atoms with van der Waals surface area (Å²) in [5.41, 5.74) is 1.22. The fraction of sp³-hybridized carbons (Fsp3) is 0.176. The van der Waals surface area contributed by atoms with E-state index in [9.17, 15) is 4.79 Å². The van der Waals surface area contributed by atoms with E-state index < -0.39 is 0 Å². The van der Waals surface area contributed by atoms with Crippen LogP contribution in [-0.2, 0) is 17.6 Å². The highest BCUT2D eigenvalue weighted by molar-refractivity contribution is 9.10. The predicted octanol–water partition coefficient (Wildman–Crippen LogP) is 4.66. The van der Waals surface area contributed by atoms with Gasteiger partial charge in [0.1, 0.15) is 5.76 Å². The van der Waals surface area contributed by atoms with E-state index in [2.05, 4.69) is 38.4 Å². The molecule has 0 atom stereocenters. The molecule has 0 aliphatic heterocycles. The number of benzene rings is 1. The maximum atomic E-state index is 11.9. The molecule has 0 aliphatic carbocycles. The Morgan fingerprint density at radius 2 is 2.09 bits per heavy atom. The van der Waals surface area contributed by atoms with Gasteiger partial charge in [-0.25, -0.2) is 4.98 Å². The Kier molecular flexibility index (Phi) is 5.25. The van der Waals surface area contributed by atoms with E-state index >= 15 is 0 Å². The predicted molar refractivity (Wildman–Crippen MR) is 94.7 cm³/mol. The number of halogens is 1. The lowest BCUT2D eigenvalue weighted by Gasteiger charge is -2.00. The summed E-state index contributed by atoms with van der Waals surface area (Å²) < 4.78 is 6.28. The molecule has 1 aromatic carbocycles. The van der Waals surface area contributed by atoms with Crippen molar-refractivity contribution >= 4 is 38.3 Å². The molecule has 3 aromatic rings. The number of nitrogens with zero attached hydrogens (tertiary/aromatic N) is 1. The number of hydrogen-bond acceptors (Lipinski definition) is 4. The van der Waals surface area contributed by atoms with E-state index in [1.165, 1.54) is 16.9 Å². The second kappa shape index (κ2) is 7.57. The van der Waals surface area contributed by atoms with E-state index in [1.54, 1.807) is 6.26 Å². The van der Waals surface area contributed by atoms with Crippen molar-refractivity contribution in [2.75, 3.05) is 5.32 Å². The zero-order valence-electron chi connectivity index (χ0n) is 12.3. The van der Waals surface area contributed by atoms with Crippen molar-refractivity contribution in [1.29, 1.82) is 0 Å². The van der Waals surface area contributed by atoms with Gasteiger partial charge in [-0.2, -0.15) is 0 Å². The molecule has 0 bridgehead atoms. The van der Waals surface area contributed by atoms with Crippen LogP contribution in [0.25, 0.3) is 0 Å². The van der Waals surface area contributed by atoms with Crippen molar-refractivity contribution < 1.29 is 9.21 Å². The summed E-state index contributed by atoms with van der Waals surface area (Å²) in [6, 6.07) is 11.9. The molecule has 23 heavy (non-hydrogen) atoms. The summed E-state index contributed by atoms with van der Waals surface area (Å²) in [4.78, 5) is 17.3. The molecule has 0 saturated heterocycles. The third kappa shape index (κ3) is 4.77. The van der Waals surface area contributed by atoms with Crippen molar-refractivity contribution in [3.63, 3.8) is 0 Å². The second-order valence-corrected chi connectivity index (χ2v) is 7.09. The number of hydrogen-bond donors (Lipinski definition) is 1. The number of amides is 1. The van der Waals surface area contributed by atoms with Crippen molar-refractivity contribution in [3.05, 3.63) is 69.5 Å². The smallest absolute Gasteiger partial charge is 0.226 e. The number of carbonyl (C=O) groups excluding carboxylic acids is 1. The van der Waals surface area contributed by atoms with Gasteiger partial charge < -0.3 is 9.73 Å². The molecule has 0 spiro atoms. The largest absolute Gasteiger partial charge is 0.469 e. The van der Waals surface area contributed by atoms with Crippen molar-refractivity contribution in [2.45, 2.75) is 19.3 Å². The Bertz CT molecular complexity index is 766. The summed E-state index contributed by atoms with van der Waals surface area (Å²) in [6.45, 7) is 0. The Balaban J connectivity index is 1.52. The van der Waals surface area contributed by atoms with Crippen LogP contribution in [0.1, 0.15) is 22.6 Å². The highest BCUT2D eigenvalue weighted by atomic mass is 79.9. The van der Waals surface area contributed by atoms with Gasteiger partial charge in [-0.3, -0.25) is 4.79 Å². The third-order valence-electron chi connectivity index (χ3n) is 3.27. The summed E-state index contributed by atoms with van der Waals surface area (Å²) in [5.74, 6) is 0.765. The van der Waals surface area contributed by atoms with Gasteiger partial charge in [-0.1, -0.05) is 28.1 Å². The van der Waals surface area contributed by atoms with Crippen molar-refractivity contribution in [3.8, 4) is 0 Å². The number of nitrogens with one attached hydrogen (secondary N) is 1. The molecule has 118 valence electrons. The number of carbonyl (C=O) groups is 1. The number of furan rings is 1. The van der Waals surface area contributed by atoms with Gasteiger partial charge in [-0.05, 0) is 29.8 Å². The topological polar surface area (TPSA) is 55.1 Å². The first-order valence-corrected chi connectivity index (χ1v) is 8.81. The molecule has 3 rings (SSSR count). The minimum atomic E-state index is -0.0501. The lowest BCUT2D eigenvalue weighted by Crippen LogP contribution is -2.11. The molecule has 0 saturated carbocycles. The van der Waals surface area contributed by atoms with Gasteiger partial charge in [0.2, 0.25) is 5.91 Å². The maximum Gasteiger partial charge on any atom is 0.226 e. The molecule has 1 amide bonds. The standard InChI is InChI=1S/C17H15BrN2O2S/c18-13-5-3-12(4-6-13)10-15-11-19-17(23-15)20-16(21)8-7-14-2-1-9-22-14/h1-6,9,11H,7-8,10H2,(H,19,20,21). The molecular formula is C17H15BrN2O2S. The Morgan fingerprint density at radius 3 is 2.83 bits per heavy atom. The number of anilines is 1. The molecular weight excluding hydrogens is 376 g/mol. The van der Waals surface area contributed by atoms with Gasteiger partial charge in [0, 0.05) is 34.8 Å². The minimum absolute atomic E-state index is 0.0501. The fourth-order valence-electron chi connectivity index (χ4n) is 2.12. The molecule has 2 aromatic heterocycles. The van der Waals surface area contributed by atoms with Gasteiger partial charge >= 0.3 is 0 Å². The van der Waals surface area contributed by atoms with Crippen LogP contribution in [0.4, 0.5) is 5.13 Å². The number of aromatic nitrogens is 1. The average molecular weight is 391 g/mol. The van der Waals surface area contributed by atoms with Crippen molar-refractivity contribution in [1.82, 2.24) is 4.98 Å². The van der Waals surface area contributed by atoms with Crippen LogP contribution < -0.4 is 5.32 Å². The quantitative estimate of drug-likeness (QED) is 0.665. The highest BCUT2D eigenvalue weighted by Gasteiger charge is 2.08. The minimum Gasteiger partial charge on any atom is -0.469 e. The van der Waals surface area contributed by atoms with Crippen LogP contribution in [0, 0.1) is 0 Å². The Morgan fingerprint density at radius 1 is 1.26 bits per heavy atom. The number of rotatable bonds is 6. The van der Waals surface area contributed by atoms with E-state index in [1.807, 2.05) is 30.5 Å². The van der Waals surface area contributed by atoms with E-state index in [4.69, 9.17) is 4.42 Å². The van der Waals surface area contributed by atoms with Crippen molar-refractivity contribution in [2.24, 2.45) is 0 Å². The summed E-state index contributed by atoms with van der Waals surface area (Å²) in [5, 5.41) is 3.48. The molecule has 1 N–H and O–H groups in total. The number of thiazole rings is 1. The molecule has 4 nitrogen and oxygen atoms in total. The van der Waals surface area contributed by atoms with Crippen LogP contribution in [-0.4, -0.2) is 10.9 Å². The number of aryl methyl sites for hydroxylation is 1. The molecule has 0 radical (unpaired) electrons. The molecule has 6 heteroatoms. The third-order valence-corrected chi connectivity index (χ3v) is 4.71. The Labute approximate surface area is 146 Å². The first-order chi connectivity index (χ1) is 11.2. The van der Waals surface area contributed by atoms with Gasteiger partial charge in [0.25, 0.3) is 0 Å². The van der Waals surface area contributed by atoms with Gasteiger partial charge in [0.05, 0.1) is 6.26 Å². The monoisotopic (exact) mass is 390 g/mol. The van der Waals surface area contributed by atoms with Crippen LogP contribution in [0.15, 0.2) is 57.7 Å². The van der Waals surface area contributed by atoms with Crippen LogP contribution in [0.5, 0.6) is 0 Å². The summed E-state index contributed by atoms with van der Waals surface area (Å²) in [7, 11) is 0. The van der Waals surface area contributed by atoms with E-state index in [0.717, 1.165) is 21.5 Å².